The van der Waals surface area contributed by atoms with Gasteiger partial charge in [0.05, 0.1) is 4.34 Å². The normalized spacial score (nSPS) is 14.2. The van der Waals surface area contributed by atoms with Gasteiger partial charge in [0.15, 0.2) is 0 Å². The van der Waals surface area contributed by atoms with E-state index in [1.165, 1.54) is 6.07 Å². The van der Waals surface area contributed by atoms with E-state index in [-0.39, 0.29) is 16.1 Å². The molecule has 1 unspecified atom stereocenters. The van der Waals surface area contributed by atoms with Gasteiger partial charge < -0.3 is 0 Å². The Hall–Kier alpha value is 0.190. The van der Waals surface area contributed by atoms with E-state index in [1.54, 1.807) is 13.0 Å². The largest absolute Gasteiger partial charge is 0.250 e. The van der Waals surface area contributed by atoms with Crippen LogP contribution >= 0.6 is 34.5 Å². The van der Waals surface area contributed by atoms with E-state index in [4.69, 9.17) is 23.2 Å². The first-order valence-electron chi connectivity index (χ1n) is 3.79. The predicted molar refractivity (Wildman–Crippen MR) is 59.8 cm³/mol. The molecule has 1 atom stereocenters. The summed E-state index contributed by atoms with van der Waals surface area (Å²) in [6.45, 7) is 1.69. The number of nitrogens with one attached hydrogen (secondary N) is 1. The number of rotatable bonds is 4. The lowest BCUT2D eigenvalue weighted by Gasteiger charge is -2.09. The number of thiophene rings is 1. The summed E-state index contributed by atoms with van der Waals surface area (Å²) >= 11 is 12.2. The zero-order valence-electron chi connectivity index (χ0n) is 7.33. The molecule has 0 aliphatic heterocycles. The van der Waals surface area contributed by atoms with Gasteiger partial charge in [0, 0.05) is 11.9 Å². The van der Waals surface area contributed by atoms with E-state index in [0.717, 1.165) is 11.3 Å². The van der Waals surface area contributed by atoms with Crippen LogP contribution in [0.3, 0.4) is 0 Å². The van der Waals surface area contributed by atoms with Crippen LogP contribution in [0.2, 0.25) is 4.34 Å². The topological polar surface area (TPSA) is 46.2 Å². The van der Waals surface area contributed by atoms with Crippen LogP contribution in [0.15, 0.2) is 16.3 Å². The maximum Gasteiger partial charge on any atom is 0.250 e. The number of alkyl halides is 1. The Kier molecular flexibility index (Phi) is 4.21. The molecule has 7 heteroatoms. The van der Waals surface area contributed by atoms with Crippen LogP contribution in [-0.2, 0) is 10.0 Å². The molecule has 1 aromatic rings. The first kappa shape index (κ1) is 12.3. The molecule has 0 bridgehead atoms. The molecule has 0 saturated heterocycles. The molecule has 0 fully saturated rings. The molecule has 0 amide bonds. The second-order valence-corrected chi connectivity index (χ2v) is 6.70. The number of hydrogen-bond acceptors (Lipinski definition) is 3. The fraction of sp³-hybridized carbons (Fsp3) is 0.429. The van der Waals surface area contributed by atoms with Crippen molar-refractivity contribution in [3.05, 3.63) is 16.5 Å². The molecule has 1 aromatic heterocycles. The van der Waals surface area contributed by atoms with Crippen molar-refractivity contribution >= 4 is 44.6 Å². The van der Waals surface area contributed by atoms with E-state index in [2.05, 4.69) is 4.72 Å². The van der Waals surface area contributed by atoms with Crippen molar-refractivity contribution in [1.82, 2.24) is 4.72 Å². The van der Waals surface area contributed by atoms with Gasteiger partial charge in [-0.05, 0) is 19.1 Å². The standard InChI is InChI=1S/C7H9Cl2NO2S2/c1-5(4-8)10-14(11,12)7-3-2-6(9)13-7/h2-3,5,10H,4H2,1H3. The fourth-order valence-electron chi connectivity index (χ4n) is 0.797. The highest BCUT2D eigenvalue weighted by Gasteiger charge is 2.18. The molecular formula is C7H9Cl2NO2S2. The van der Waals surface area contributed by atoms with E-state index < -0.39 is 10.0 Å². The Labute approximate surface area is 97.1 Å². The summed E-state index contributed by atoms with van der Waals surface area (Å²) in [5.74, 6) is 0.234. The summed E-state index contributed by atoms with van der Waals surface area (Å²) in [4.78, 5) is 0. The Morgan fingerprint density at radius 3 is 2.64 bits per heavy atom. The van der Waals surface area contributed by atoms with Crippen LogP contribution in [-0.4, -0.2) is 20.3 Å². The van der Waals surface area contributed by atoms with Crippen LogP contribution in [0.4, 0.5) is 0 Å². The van der Waals surface area contributed by atoms with E-state index in [1.807, 2.05) is 0 Å². The van der Waals surface area contributed by atoms with Gasteiger partial charge in [-0.25, -0.2) is 13.1 Å². The summed E-state index contributed by atoms with van der Waals surface area (Å²) in [7, 11) is -3.45. The minimum atomic E-state index is -3.45. The predicted octanol–water partition coefficient (Wildman–Crippen LogP) is 2.31. The van der Waals surface area contributed by atoms with Crippen LogP contribution < -0.4 is 4.72 Å². The SMILES string of the molecule is CC(CCl)NS(=O)(=O)c1ccc(Cl)s1. The second kappa shape index (κ2) is 4.81. The van der Waals surface area contributed by atoms with Gasteiger partial charge in [0.25, 0.3) is 0 Å². The third-order valence-corrected chi connectivity index (χ3v) is 5.18. The average Bonchev–Trinajstić information content (AvgIpc) is 2.51. The highest BCUT2D eigenvalue weighted by molar-refractivity contribution is 7.91. The van der Waals surface area contributed by atoms with Crippen molar-refractivity contribution in [2.75, 3.05) is 5.88 Å². The number of halogens is 2. The summed E-state index contributed by atoms with van der Waals surface area (Å²) in [6.07, 6.45) is 0. The lowest BCUT2D eigenvalue weighted by Crippen LogP contribution is -2.33. The van der Waals surface area contributed by atoms with E-state index >= 15 is 0 Å². The van der Waals surface area contributed by atoms with Gasteiger partial charge in [0.2, 0.25) is 10.0 Å². The van der Waals surface area contributed by atoms with Crippen LogP contribution in [0, 0.1) is 0 Å². The third kappa shape index (κ3) is 3.10. The molecule has 1 heterocycles. The molecule has 0 saturated carbocycles. The number of sulfonamides is 1. The van der Waals surface area contributed by atoms with Crippen molar-refractivity contribution in [3.8, 4) is 0 Å². The lowest BCUT2D eigenvalue weighted by molar-refractivity contribution is 0.573. The van der Waals surface area contributed by atoms with Crippen LogP contribution in [0.25, 0.3) is 0 Å². The highest BCUT2D eigenvalue weighted by Crippen LogP contribution is 2.25. The van der Waals surface area contributed by atoms with Crippen LogP contribution in [0.5, 0.6) is 0 Å². The molecule has 0 spiro atoms. The van der Waals surface area contributed by atoms with Crippen molar-refractivity contribution in [2.45, 2.75) is 17.2 Å². The van der Waals surface area contributed by atoms with Crippen LogP contribution in [0.1, 0.15) is 6.92 Å². The average molecular weight is 274 g/mol. The first-order chi connectivity index (χ1) is 6.45. The fourth-order valence-corrected chi connectivity index (χ4v) is 3.71. The summed E-state index contributed by atoms with van der Waals surface area (Å²) in [6, 6.07) is 2.73. The Morgan fingerprint density at radius 1 is 1.57 bits per heavy atom. The van der Waals surface area contributed by atoms with Crippen molar-refractivity contribution < 1.29 is 8.42 Å². The maximum atomic E-state index is 11.6. The first-order valence-corrected chi connectivity index (χ1v) is 7.00. The van der Waals surface area contributed by atoms with Crippen molar-refractivity contribution in [2.24, 2.45) is 0 Å². The summed E-state index contributed by atoms with van der Waals surface area (Å²) < 4.78 is 26.3. The minimum Gasteiger partial charge on any atom is -0.206 e. The molecule has 1 rings (SSSR count). The molecule has 1 N–H and O–H groups in total. The molecule has 80 valence electrons. The second-order valence-electron chi connectivity index (χ2n) is 2.74. The Balaban J connectivity index is 2.86. The molecule has 0 aliphatic rings. The summed E-state index contributed by atoms with van der Waals surface area (Å²) in [5.41, 5.74) is 0. The van der Waals surface area contributed by atoms with E-state index in [0.29, 0.717) is 4.34 Å². The van der Waals surface area contributed by atoms with Crippen molar-refractivity contribution in [1.29, 1.82) is 0 Å². The lowest BCUT2D eigenvalue weighted by atomic mass is 10.4. The maximum absolute atomic E-state index is 11.6. The zero-order chi connectivity index (χ0) is 10.8. The summed E-state index contributed by atoms with van der Waals surface area (Å²) in [5, 5.41) is 0. The smallest absolute Gasteiger partial charge is 0.206 e. The number of hydrogen-bond donors (Lipinski definition) is 1. The monoisotopic (exact) mass is 273 g/mol. The Morgan fingerprint density at radius 2 is 2.21 bits per heavy atom. The third-order valence-electron chi connectivity index (χ3n) is 1.40. The van der Waals surface area contributed by atoms with Gasteiger partial charge in [-0.1, -0.05) is 11.6 Å². The highest BCUT2D eigenvalue weighted by atomic mass is 35.5. The van der Waals surface area contributed by atoms with Gasteiger partial charge in [-0.3, -0.25) is 0 Å². The molecular weight excluding hydrogens is 265 g/mol. The molecule has 0 aliphatic carbocycles. The zero-order valence-corrected chi connectivity index (χ0v) is 10.5. The van der Waals surface area contributed by atoms with Gasteiger partial charge in [-0.15, -0.1) is 22.9 Å². The quantitative estimate of drug-likeness (QED) is 0.856. The van der Waals surface area contributed by atoms with Gasteiger partial charge in [-0.2, -0.15) is 0 Å². The molecule has 14 heavy (non-hydrogen) atoms. The molecule has 0 radical (unpaired) electrons. The van der Waals surface area contributed by atoms with Crippen molar-refractivity contribution in [3.63, 3.8) is 0 Å². The Bertz CT molecular complexity index is 402. The van der Waals surface area contributed by atoms with E-state index in [9.17, 15) is 8.42 Å². The van der Waals surface area contributed by atoms with Gasteiger partial charge >= 0.3 is 0 Å². The molecule has 0 aromatic carbocycles. The minimum absolute atomic E-state index is 0.208. The van der Waals surface area contributed by atoms with Gasteiger partial charge in [0.1, 0.15) is 4.21 Å². The molecule has 3 nitrogen and oxygen atoms in total.